The minimum atomic E-state index is 0.774. The number of nitrogens with zero attached hydrogens (tertiary/aromatic N) is 3. The molecule has 28 heavy (non-hydrogen) atoms. The van der Waals surface area contributed by atoms with Crippen molar-refractivity contribution >= 4 is 49.0 Å². The minimum absolute atomic E-state index is 0.774. The fraction of sp³-hybridized carbons (Fsp3) is 0.429. The number of thiophene rings is 1. The van der Waals surface area contributed by atoms with E-state index in [0.717, 1.165) is 65.9 Å². The van der Waals surface area contributed by atoms with Crippen LogP contribution < -0.4 is 5.32 Å². The van der Waals surface area contributed by atoms with Crippen molar-refractivity contribution in [2.45, 2.75) is 32.7 Å². The van der Waals surface area contributed by atoms with Crippen LogP contribution in [0.5, 0.6) is 0 Å². The summed E-state index contributed by atoms with van der Waals surface area (Å²) in [5.74, 6) is 1.85. The SMILES string of the molecule is Cc1cc(Nc2nc(CN3CCOCC3)nc3sc4c(c23)CCC4)ccc1Br. The lowest BCUT2D eigenvalue weighted by molar-refractivity contribution is 0.0331. The molecule has 1 fully saturated rings. The van der Waals surface area contributed by atoms with Crippen molar-refractivity contribution in [2.75, 3.05) is 31.6 Å². The lowest BCUT2D eigenvalue weighted by Crippen LogP contribution is -2.36. The highest BCUT2D eigenvalue weighted by Crippen LogP contribution is 2.40. The summed E-state index contributed by atoms with van der Waals surface area (Å²) in [6.07, 6.45) is 3.55. The molecule has 0 bridgehead atoms. The molecule has 0 unspecified atom stereocenters. The number of benzene rings is 1. The number of nitrogens with one attached hydrogen (secondary N) is 1. The molecule has 1 saturated heterocycles. The first-order valence-corrected chi connectivity index (χ1v) is 11.4. The van der Waals surface area contributed by atoms with Gasteiger partial charge < -0.3 is 10.1 Å². The summed E-state index contributed by atoms with van der Waals surface area (Å²) in [7, 11) is 0. The van der Waals surface area contributed by atoms with Gasteiger partial charge in [0.15, 0.2) is 0 Å². The summed E-state index contributed by atoms with van der Waals surface area (Å²) < 4.78 is 6.60. The van der Waals surface area contributed by atoms with Crippen LogP contribution in [-0.2, 0) is 24.1 Å². The van der Waals surface area contributed by atoms with Crippen molar-refractivity contribution in [1.29, 1.82) is 0 Å². The Morgan fingerprint density at radius 3 is 2.89 bits per heavy atom. The normalized spacial score (nSPS) is 17.2. The molecule has 2 aromatic heterocycles. The van der Waals surface area contributed by atoms with Gasteiger partial charge in [-0.1, -0.05) is 15.9 Å². The van der Waals surface area contributed by atoms with Crippen molar-refractivity contribution in [3.05, 3.63) is 44.5 Å². The number of hydrogen-bond acceptors (Lipinski definition) is 6. The van der Waals surface area contributed by atoms with E-state index in [1.807, 2.05) is 11.3 Å². The average Bonchev–Trinajstić information content (AvgIpc) is 3.26. The Bertz CT molecular complexity index is 1030. The fourth-order valence-corrected chi connectivity index (χ4v) is 5.55. The zero-order valence-electron chi connectivity index (χ0n) is 15.9. The summed E-state index contributed by atoms with van der Waals surface area (Å²) in [5, 5.41) is 4.83. The monoisotopic (exact) mass is 458 g/mol. The van der Waals surface area contributed by atoms with Gasteiger partial charge in [0.25, 0.3) is 0 Å². The van der Waals surface area contributed by atoms with E-state index in [0.29, 0.717) is 0 Å². The second-order valence-corrected chi connectivity index (χ2v) is 9.44. The van der Waals surface area contributed by atoms with E-state index in [9.17, 15) is 0 Å². The Kier molecular flexibility index (Phi) is 5.09. The van der Waals surface area contributed by atoms with E-state index in [-0.39, 0.29) is 0 Å². The van der Waals surface area contributed by atoms with E-state index in [1.54, 1.807) is 0 Å². The van der Waals surface area contributed by atoms with Crippen molar-refractivity contribution in [3.63, 3.8) is 0 Å². The lowest BCUT2D eigenvalue weighted by Gasteiger charge is -2.25. The van der Waals surface area contributed by atoms with Gasteiger partial charge in [0.1, 0.15) is 16.5 Å². The summed E-state index contributed by atoms with van der Waals surface area (Å²) in [5.41, 5.74) is 3.73. The third kappa shape index (κ3) is 3.56. The number of aryl methyl sites for hydroxylation is 3. The number of fused-ring (bicyclic) bond motifs is 3. The van der Waals surface area contributed by atoms with Crippen LogP contribution in [0.1, 0.15) is 28.2 Å². The molecular weight excluding hydrogens is 436 g/mol. The van der Waals surface area contributed by atoms with E-state index in [1.165, 1.54) is 34.2 Å². The molecule has 3 aromatic rings. The fourth-order valence-electron chi connectivity index (χ4n) is 4.02. The van der Waals surface area contributed by atoms with Gasteiger partial charge in [-0.05, 0) is 55.5 Å². The maximum absolute atomic E-state index is 5.48. The molecule has 5 nitrogen and oxygen atoms in total. The van der Waals surface area contributed by atoms with Crippen LogP contribution in [0.25, 0.3) is 10.2 Å². The van der Waals surface area contributed by atoms with Crippen LogP contribution in [0.4, 0.5) is 11.5 Å². The predicted octanol–water partition coefficient (Wildman–Crippen LogP) is 4.83. The Balaban J connectivity index is 1.54. The molecule has 1 aromatic carbocycles. The topological polar surface area (TPSA) is 50.3 Å². The van der Waals surface area contributed by atoms with Gasteiger partial charge in [-0.15, -0.1) is 11.3 Å². The Morgan fingerprint density at radius 2 is 2.07 bits per heavy atom. The van der Waals surface area contributed by atoms with E-state index in [4.69, 9.17) is 14.7 Å². The molecule has 2 aliphatic rings. The number of halogens is 1. The Morgan fingerprint density at radius 1 is 1.21 bits per heavy atom. The average molecular weight is 459 g/mol. The van der Waals surface area contributed by atoms with Gasteiger partial charge in [0.2, 0.25) is 0 Å². The molecule has 1 aliphatic heterocycles. The summed E-state index contributed by atoms with van der Waals surface area (Å²) in [6, 6.07) is 6.34. The highest BCUT2D eigenvalue weighted by molar-refractivity contribution is 9.10. The maximum Gasteiger partial charge on any atom is 0.146 e. The summed E-state index contributed by atoms with van der Waals surface area (Å²) in [6.45, 7) is 6.35. The smallest absolute Gasteiger partial charge is 0.146 e. The molecule has 1 aliphatic carbocycles. The number of morpholine rings is 1. The zero-order valence-corrected chi connectivity index (χ0v) is 18.3. The molecule has 0 atom stereocenters. The first-order chi connectivity index (χ1) is 13.7. The van der Waals surface area contributed by atoms with Gasteiger partial charge >= 0.3 is 0 Å². The molecule has 7 heteroatoms. The highest BCUT2D eigenvalue weighted by atomic mass is 79.9. The molecular formula is C21H23BrN4OS. The summed E-state index contributed by atoms with van der Waals surface area (Å²) in [4.78, 5) is 14.9. The molecule has 0 saturated carbocycles. The number of aromatic nitrogens is 2. The maximum atomic E-state index is 5.48. The lowest BCUT2D eigenvalue weighted by atomic mass is 10.1. The van der Waals surface area contributed by atoms with E-state index < -0.39 is 0 Å². The third-order valence-corrected chi connectivity index (χ3v) is 7.58. The van der Waals surface area contributed by atoms with Gasteiger partial charge in [0.05, 0.1) is 25.1 Å². The molecule has 0 spiro atoms. The van der Waals surface area contributed by atoms with Gasteiger partial charge in [-0.25, -0.2) is 9.97 Å². The van der Waals surface area contributed by atoms with Crippen LogP contribution in [0.15, 0.2) is 22.7 Å². The molecule has 0 amide bonds. The number of rotatable bonds is 4. The van der Waals surface area contributed by atoms with Gasteiger partial charge in [-0.3, -0.25) is 4.90 Å². The standard InChI is InChI=1S/C21H23BrN4OS/c1-13-11-14(5-6-16(13)22)23-20-19-15-3-2-4-17(15)28-21(19)25-18(24-20)12-26-7-9-27-10-8-26/h5-6,11H,2-4,7-10,12H2,1H3,(H,23,24,25). The van der Waals surface area contributed by atoms with Crippen LogP contribution in [0, 0.1) is 6.92 Å². The first kappa shape index (κ1) is 18.5. The van der Waals surface area contributed by atoms with Crippen LogP contribution in [-0.4, -0.2) is 41.2 Å². The number of ether oxygens (including phenoxy) is 1. The highest BCUT2D eigenvalue weighted by Gasteiger charge is 2.23. The van der Waals surface area contributed by atoms with Crippen LogP contribution >= 0.6 is 27.3 Å². The van der Waals surface area contributed by atoms with Crippen LogP contribution in [0.2, 0.25) is 0 Å². The Hall–Kier alpha value is -1.54. The van der Waals surface area contributed by atoms with Crippen molar-refractivity contribution < 1.29 is 4.74 Å². The number of hydrogen-bond donors (Lipinski definition) is 1. The molecule has 146 valence electrons. The first-order valence-electron chi connectivity index (χ1n) is 9.82. The van der Waals surface area contributed by atoms with Gasteiger partial charge in [0, 0.05) is 28.1 Å². The Labute approximate surface area is 177 Å². The zero-order chi connectivity index (χ0) is 19.1. The molecule has 0 radical (unpaired) electrons. The summed E-state index contributed by atoms with van der Waals surface area (Å²) >= 11 is 5.44. The third-order valence-electron chi connectivity index (χ3n) is 5.50. The van der Waals surface area contributed by atoms with Gasteiger partial charge in [-0.2, -0.15) is 0 Å². The quantitative estimate of drug-likeness (QED) is 0.606. The van der Waals surface area contributed by atoms with Crippen LogP contribution in [0.3, 0.4) is 0 Å². The molecule has 1 N–H and O–H groups in total. The van der Waals surface area contributed by atoms with Crippen molar-refractivity contribution in [2.24, 2.45) is 0 Å². The second kappa shape index (κ2) is 7.71. The molecule has 3 heterocycles. The van der Waals surface area contributed by atoms with Crippen molar-refractivity contribution in [3.8, 4) is 0 Å². The van der Waals surface area contributed by atoms with Crippen molar-refractivity contribution in [1.82, 2.24) is 14.9 Å². The number of anilines is 2. The van der Waals surface area contributed by atoms with E-state index in [2.05, 4.69) is 51.3 Å². The predicted molar refractivity (Wildman–Crippen MR) is 118 cm³/mol. The molecule has 5 rings (SSSR count). The van der Waals surface area contributed by atoms with E-state index >= 15 is 0 Å². The second-order valence-electron chi connectivity index (χ2n) is 7.50. The largest absolute Gasteiger partial charge is 0.379 e. The minimum Gasteiger partial charge on any atom is -0.379 e.